The summed E-state index contributed by atoms with van der Waals surface area (Å²) in [5.41, 5.74) is 2.44. The summed E-state index contributed by atoms with van der Waals surface area (Å²) in [6, 6.07) is 15.9. The first kappa shape index (κ1) is 27.5. The Morgan fingerprint density at radius 1 is 1.05 bits per heavy atom. The van der Waals surface area contributed by atoms with E-state index in [1.807, 2.05) is 0 Å². The van der Waals surface area contributed by atoms with Crippen molar-refractivity contribution in [1.29, 1.82) is 0 Å². The van der Waals surface area contributed by atoms with Gasteiger partial charge in [0.2, 0.25) is 15.2 Å². The minimum atomic E-state index is -3.80. The summed E-state index contributed by atoms with van der Waals surface area (Å²) in [6.45, 7) is 6.89. The molecule has 1 saturated heterocycles. The van der Waals surface area contributed by atoms with Crippen LogP contribution < -0.4 is 10.0 Å². The first-order valence-corrected chi connectivity index (χ1v) is 15.6. The number of amides is 1. The van der Waals surface area contributed by atoms with Gasteiger partial charge in [0.25, 0.3) is 5.91 Å². The Labute approximate surface area is 242 Å². The van der Waals surface area contributed by atoms with Gasteiger partial charge in [-0.05, 0) is 103 Å². The lowest BCUT2D eigenvalue weighted by Crippen LogP contribution is -2.32. The predicted octanol–water partition coefficient (Wildman–Crippen LogP) is 5.98. The SMILES string of the molecule is CC12CCC(C/C1=N\N=C1\S/C(=C\c3ccc(-c4ccc(S(N)(=O)=O)cc4)o3)C(=O)N1c1ccc(O)cc1)C2(C)C. The predicted molar refractivity (Wildman–Crippen MR) is 161 cm³/mol. The Hall–Kier alpha value is -3.67. The minimum absolute atomic E-state index is 0.0100. The number of hydrogen-bond donors (Lipinski definition) is 2. The molecular weight excluding hydrogens is 560 g/mol. The van der Waals surface area contributed by atoms with Gasteiger partial charge in [-0.25, -0.2) is 13.6 Å². The van der Waals surface area contributed by atoms with Gasteiger partial charge in [0, 0.05) is 22.8 Å². The summed E-state index contributed by atoms with van der Waals surface area (Å²) in [7, 11) is -3.80. The number of amidine groups is 1. The van der Waals surface area contributed by atoms with E-state index in [0.717, 1.165) is 18.6 Å². The van der Waals surface area contributed by atoms with Crippen LogP contribution in [-0.2, 0) is 14.8 Å². The van der Waals surface area contributed by atoms with Gasteiger partial charge in [-0.3, -0.25) is 9.69 Å². The van der Waals surface area contributed by atoms with Crippen LogP contribution in [0.2, 0.25) is 0 Å². The fourth-order valence-electron chi connectivity index (χ4n) is 6.08. The van der Waals surface area contributed by atoms with Crippen molar-refractivity contribution in [2.75, 3.05) is 4.90 Å². The summed E-state index contributed by atoms with van der Waals surface area (Å²) in [5, 5.41) is 24.8. The molecule has 0 radical (unpaired) electrons. The van der Waals surface area contributed by atoms with Crippen molar-refractivity contribution in [3.63, 3.8) is 0 Å². The molecule has 1 aliphatic heterocycles. The Morgan fingerprint density at radius 3 is 2.37 bits per heavy atom. The van der Waals surface area contributed by atoms with Crippen LogP contribution in [0.5, 0.6) is 5.75 Å². The molecule has 3 fully saturated rings. The Kier molecular flexibility index (Phi) is 6.51. The van der Waals surface area contributed by atoms with Crippen LogP contribution in [-0.4, -0.2) is 30.3 Å². The number of benzene rings is 2. The van der Waals surface area contributed by atoms with Gasteiger partial charge in [-0.15, -0.1) is 5.10 Å². The van der Waals surface area contributed by atoms with Crippen molar-refractivity contribution in [3.05, 3.63) is 71.3 Å². The fourth-order valence-corrected chi connectivity index (χ4v) is 7.50. The van der Waals surface area contributed by atoms with Gasteiger partial charge in [0.1, 0.15) is 17.3 Å². The average molecular weight is 591 g/mol. The van der Waals surface area contributed by atoms with Crippen LogP contribution >= 0.6 is 11.8 Å². The molecule has 2 heterocycles. The summed E-state index contributed by atoms with van der Waals surface area (Å²) in [4.78, 5) is 15.5. The molecule has 6 rings (SSSR count). The molecule has 1 aromatic heterocycles. The van der Waals surface area contributed by atoms with Crippen LogP contribution in [0, 0.1) is 16.7 Å². The van der Waals surface area contributed by atoms with Crippen molar-refractivity contribution >= 4 is 50.3 Å². The fraction of sp³-hybridized carbons (Fsp3) is 0.300. The number of phenolic OH excluding ortho intramolecular Hbond substituents is 1. The van der Waals surface area contributed by atoms with Gasteiger partial charge in [0.15, 0.2) is 0 Å². The van der Waals surface area contributed by atoms with E-state index in [0.29, 0.717) is 38.8 Å². The molecule has 41 heavy (non-hydrogen) atoms. The number of hydrogen-bond acceptors (Lipinski definition) is 8. The van der Waals surface area contributed by atoms with E-state index < -0.39 is 10.0 Å². The van der Waals surface area contributed by atoms with Crippen LogP contribution in [0.15, 0.2) is 85.1 Å². The Bertz CT molecular complexity index is 1740. The molecule has 2 unspecified atom stereocenters. The van der Waals surface area contributed by atoms with Gasteiger partial charge in [-0.1, -0.05) is 20.8 Å². The monoisotopic (exact) mass is 590 g/mol. The molecule has 9 nitrogen and oxygen atoms in total. The number of phenols is 1. The summed E-state index contributed by atoms with van der Waals surface area (Å²) in [6.07, 6.45) is 4.84. The lowest BCUT2D eigenvalue weighted by Gasteiger charge is -2.34. The van der Waals surface area contributed by atoms with E-state index in [4.69, 9.17) is 14.7 Å². The number of carbonyl (C=O) groups is 1. The minimum Gasteiger partial charge on any atom is -0.508 e. The maximum Gasteiger partial charge on any atom is 0.271 e. The number of aromatic hydroxyl groups is 1. The number of sulfonamides is 1. The molecule has 0 spiro atoms. The number of thioether (sulfide) groups is 1. The maximum absolute atomic E-state index is 13.6. The van der Waals surface area contributed by atoms with Crippen LogP contribution in [0.4, 0.5) is 5.69 Å². The molecule has 11 heteroatoms. The van der Waals surface area contributed by atoms with Gasteiger partial charge >= 0.3 is 0 Å². The number of rotatable bonds is 5. The molecule has 2 saturated carbocycles. The highest BCUT2D eigenvalue weighted by atomic mass is 32.2. The van der Waals surface area contributed by atoms with E-state index in [2.05, 4.69) is 25.9 Å². The molecule has 212 valence electrons. The highest BCUT2D eigenvalue weighted by Crippen LogP contribution is 2.64. The highest BCUT2D eigenvalue weighted by molar-refractivity contribution is 8.19. The van der Waals surface area contributed by atoms with Crippen LogP contribution in [0.1, 0.15) is 45.8 Å². The zero-order valence-electron chi connectivity index (χ0n) is 22.9. The molecule has 2 bridgehead atoms. The first-order valence-electron chi connectivity index (χ1n) is 13.3. The second-order valence-corrected chi connectivity index (χ2v) is 14.0. The Morgan fingerprint density at radius 2 is 1.76 bits per heavy atom. The summed E-state index contributed by atoms with van der Waals surface area (Å²) >= 11 is 1.21. The van der Waals surface area contributed by atoms with Crippen LogP contribution in [0.3, 0.4) is 0 Å². The zero-order valence-corrected chi connectivity index (χ0v) is 24.5. The van der Waals surface area contributed by atoms with E-state index >= 15 is 0 Å². The number of anilines is 1. The average Bonchev–Trinajstić information content (AvgIpc) is 3.62. The number of fused-ring (bicyclic) bond motifs is 2. The van der Waals surface area contributed by atoms with Crippen molar-refractivity contribution < 1.29 is 22.7 Å². The molecule has 2 aromatic carbocycles. The highest BCUT2D eigenvalue weighted by Gasteiger charge is 2.60. The van der Waals surface area contributed by atoms with Crippen LogP contribution in [0.25, 0.3) is 17.4 Å². The number of nitrogens with two attached hydrogens (primary N) is 1. The molecular formula is C30H30N4O5S2. The standard InChI is InChI=1S/C30H30N4O5S2/c1-29(2)19-14-15-30(29,3)26(16-19)32-33-28-34(20-6-8-21(35)9-7-20)27(36)25(40-28)17-22-10-13-24(39-22)18-4-11-23(12-5-18)41(31,37)38/h4-13,17,19,35H,14-16H2,1-3H3,(H2,31,37,38)/b25-17-,32-26+,33-28+. The maximum atomic E-state index is 13.6. The topological polar surface area (TPSA) is 139 Å². The van der Waals surface area contributed by atoms with Gasteiger partial charge in [-0.2, -0.15) is 5.10 Å². The second kappa shape index (κ2) is 9.71. The van der Waals surface area contributed by atoms with E-state index in [-0.39, 0.29) is 27.4 Å². The summed E-state index contributed by atoms with van der Waals surface area (Å²) in [5.74, 6) is 1.36. The van der Waals surface area contributed by atoms with Crippen molar-refractivity contribution in [2.45, 2.75) is 44.9 Å². The lowest BCUT2D eigenvalue weighted by atomic mass is 9.70. The van der Waals surface area contributed by atoms with Gasteiger partial charge in [0.05, 0.1) is 15.5 Å². The zero-order chi connectivity index (χ0) is 29.2. The molecule has 2 atom stereocenters. The molecule has 3 aromatic rings. The van der Waals surface area contributed by atoms with Crippen molar-refractivity contribution in [2.24, 2.45) is 32.1 Å². The Balaban J connectivity index is 1.32. The van der Waals surface area contributed by atoms with Crippen molar-refractivity contribution in [3.8, 4) is 17.1 Å². The van der Waals surface area contributed by atoms with E-state index in [9.17, 15) is 18.3 Å². The van der Waals surface area contributed by atoms with Crippen molar-refractivity contribution in [1.82, 2.24) is 0 Å². The first-order chi connectivity index (χ1) is 19.4. The summed E-state index contributed by atoms with van der Waals surface area (Å²) < 4.78 is 29.1. The van der Waals surface area contributed by atoms with E-state index in [1.165, 1.54) is 47.3 Å². The van der Waals surface area contributed by atoms with E-state index in [1.54, 1.807) is 42.5 Å². The smallest absolute Gasteiger partial charge is 0.271 e. The third kappa shape index (κ3) is 4.71. The third-order valence-electron chi connectivity index (χ3n) is 9.05. The number of nitrogens with zero attached hydrogens (tertiary/aromatic N) is 3. The molecule has 3 N–H and O–H groups in total. The third-order valence-corrected chi connectivity index (χ3v) is 10.9. The number of carbonyl (C=O) groups excluding carboxylic acids is 1. The normalized spacial score (nSPS) is 26.6. The molecule has 3 aliphatic rings. The number of primary sulfonamides is 1. The second-order valence-electron chi connectivity index (χ2n) is 11.5. The number of furan rings is 1. The lowest BCUT2D eigenvalue weighted by molar-refractivity contribution is -0.113. The van der Waals surface area contributed by atoms with Gasteiger partial charge < -0.3 is 9.52 Å². The quantitative estimate of drug-likeness (QED) is 0.277. The largest absolute Gasteiger partial charge is 0.508 e. The molecule has 2 aliphatic carbocycles. The molecule has 1 amide bonds.